The molecule has 24 heavy (non-hydrogen) atoms. The molecule has 0 aliphatic carbocycles. The molecule has 5 atom stereocenters. The third-order valence-electron chi connectivity index (χ3n) is 4.47. The van der Waals surface area contributed by atoms with Crippen LogP contribution in [0.25, 0.3) is 0 Å². The Balaban J connectivity index is 2.00. The summed E-state index contributed by atoms with van der Waals surface area (Å²) in [5.41, 5.74) is -1.79. The number of fused-ring (bicyclic) bond motifs is 2. The highest BCUT2D eigenvalue weighted by Gasteiger charge is 2.63. The van der Waals surface area contributed by atoms with Gasteiger partial charge in [-0.1, -0.05) is 6.92 Å². The Morgan fingerprint density at radius 3 is 2.88 bits per heavy atom. The molecule has 11 heteroatoms. The van der Waals surface area contributed by atoms with E-state index >= 15 is 0 Å². The lowest BCUT2D eigenvalue weighted by molar-refractivity contribution is -0.175. The number of aryl methyl sites for hydroxylation is 1. The smallest absolute Gasteiger partial charge is 0.368 e. The number of hydrogen-bond donors (Lipinski definition) is 2. The maximum absolute atomic E-state index is 12.1. The highest BCUT2D eigenvalue weighted by molar-refractivity contribution is 7.47. The van der Waals surface area contributed by atoms with E-state index in [0.717, 1.165) is 7.11 Å². The molecule has 10 nitrogen and oxygen atoms in total. The SMILES string of the molecule is CCC12COC(C1OP(=O)(O)OC)[C@H](n1cc(C)c(=O)[nH]c1=O)O2. The van der Waals surface area contributed by atoms with Gasteiger partial charge in [-0.15, -0.1) is 0 Å². The zero-order chi connectivity index (χ0) is 17.7. The lowest BCUT2D eigenvalue weighted by atomic mass is 9.96. The van der Waals surface area contributed by atoms with Gasteiger partial charge in [0.05, 0.1) is 6.61 Å². The maximum Gasteiger partial charge on any atom is 0.472 e. The maximum atomic E-state index is 12.1. The molecule has 2 aliphatic heterocycles. The van der Waals surface area contributed by atoms with Gasteiger partial charge in [-0.25, -0.2) is 9.36 Å². The third kappa shape index (κ3) is 2.69. The first-order valence-electron chi connectivity index (χ1n) is 7.41. The third-order valence-corrected chi connectivity index (χ3v) is 5.42. The fourth-order valence-corrected chi connectivity index (χ4v) is 3.75. The van der Waals surface area contributed by atoms with Gasteiger partial charge in [0.15, 0.2) is 6.23 Å². The van der Waals surface area contributed by atoms with Gasteiger partial charge in [-0.2, -0.15) is 0 Å². The average Bonchev–Trinajstić information content (AvgIpc) is 3.03. The molecule has 3 rings (SSSR count). The average molecular weight is 362 g/mol. The molecule has 0 amide bonds. The zero-order valence-electron chi connectivity index (χ0n) is 13.4. The van der Waals surface area contributed by atoms with Crippen molar-refractivity contribution in [3.05, 3.63) is 32.6 Å². The largest absolute Gasteiger partial charge is 0.472 e. The number of nitrogens with one attached hydrogen (secondary N) is 1. The van der Waals surface area contributed by atoms with Crippen molar-refractivity contribution in [2.75, 3.05) is 13.7 Å². The number of rotatable bonds is 5. The molecule has 0 radical (unpaired) electrons. The van der Waals surface area contributed by atoms with Crippen molar-refractivity contribution in [2.45, 2.75) is 44.3 Å². The molecule has 0 saturated carbocycles. The molecular weight excluding hydrogens is 343 g/mol. The fraction of sp³-hybridized carbons (Fsp3) is 0.692. The number of H-pyrrole nitrogens is 1. The molecule has 1 aromatic rings. The van der Waals surface area contributed by atoms with Crippen LogP contribution in [0.2, 0.25) is 0 Å². The summed E-state index contributed by atoms with van der Waals surface area (Å²) in [5, 5.41) is 0. The van der Waals surface area contributed by atoms with E-state index in [9.17, 15) is 19.0 Å². The summed E-state index contributed by atoms with van der Waals surface area (Å²) >= 11 is 0. The molecule has 0 spiro atoms. The monoisotopic (exact) mass is 362 g/mol. The van der Waals surface area contributed by atoms with E-state index in [1.165, 1.54) is 10.8 Å². The highest BCUT2D eigenvalue weighted by atomic mass is 31.2. The van der Waals surface area contributed by atoms with Crippen molar-refractivity contribution in [3.8, 4) is 0 Å². The topological polar surface area (TPSA) is 129 Å². The van der Waals surface area contributed by atoms with E-state index in [1.54, 1.807) is 6.92 Å². The molecule has 3 heterocycles. The lowest BCUT2D eigenvalue weighted by Crippen LogP contribution is -2.42. The first-order valence-corrected chi connectivity index (χ1v) is 8.91. The molecule has 2 aliphatic rings. The summed E-state index contributed by atoms with van der Waals surface area (Å²) in [6.45, 7) is 3.54. The molecule has 134 valence electrons. The molecular formula is C13H19N2O8P. The Hall–Kier alpha value is -1.29. The summed E-state index contributed by atoms with van der Waals surface area (Å²) in [5.74, 6) is 0. The van der Waals surface area contributed by atoms with Gasteiger partial charge < -0.3 is 14.4 Å². The minimum Gasteiger partial charge on any atom is -0.368 e. The number of phosphoric ester groups is 1. The highest BCUT2D eigenvalue weighted by Crippen LogP contribution is 2.54. The quantitative estimate of drug-likeness (QED) is 0.703. The Labute approximate surface area is 136 Å². The molecule has 2 bridgehead atoms. The van der Waals surface area contributed by atoms with Crippen molar-refractivity contribution in [1.82, 2.24) is 9.55 Å². The van der Waals surface area contributed by atoms with Crippen molar-refractivity contribution < 1.29 is 28.0 Å². The van der Waals surface area contributed by atoms with Crippen LogP contribution in [0.3, 0.4) is 0 Å². The van der Waals surface area contributed by atoms with E-state index in [4.69, 9.17) is 14.0 Å². The second-order valence-corrected chi connectivity index (χ2v) is 7.37. The predicted molar refractivity (Wildman–Crippen MR) is 80.7 cm³/mol. The summed E-state index contributed by atoms with van der Waals surface area (Å²) in [7, 11) is -3.20. The molecule has 2 fully saturated rings. The van der Waals surface area contributed by atoms with Crippen LogP contribution in [0.1, 0.15) is 25.1 Å². The van der Waals surface area contributed by atoms with Crippen molar-refractivity contribution in [2.24, 2.45) is 0 Å². The van der Waals surface area contributed by atoms with Gasteiger partial charge in [-0.3, -0.25) is 23.4 Å². The van der Waals surface area contributed by atoms with Crippen LogP contribution in [0, 0.1) is 6.92 Å². The van der Waals surface area contributed by atoms with Gasteiger partial charge in [0.2, 0.25) is 0 Å². The number of aromatic nitrogens is 2. The van der Waals surface area contributed by atoms with E-state index in [2.05, 4.69) is 9.51 Å². The lowest BCUT2D eigenvalue weighted by Gasteiger charge is -2.30. The van der Waals surface area contributed by atoms with E-state index < -0.39 is 43.1 Å². The normalized spacial score (nSPS) is 34.4. The minimum atomic E-state index is -4.27. The summed E-state index contributed by atoms with van der Waals surface area (Å²) in [6, 6.07) is 0. The summed E-state index contributed by atoms with van der Waals surface area (Å²) < 4.78 is 34.3. The Morgan fingerprint density at radius 2 is 2.25 bits per heavy atom. The van der Waals surface area contributed by atoms with Crippen LogP contribution < -0.4 is 11.2 Å². The molecule has 0 aromatic carbocycles. The molecule has 2 saturated heterocycles. The number of phosphoric acid groups is 1. The van der Waals surface area contributed by atoms with Gasteiger partial charge >= 0.3 is 13.5 Å². The zero-order valence-corrected chi connectivity index (χ0v) is 14.3. The number of nitrogens with zero attached hydrogens (tertiary/aromatic N) is 1. The number of hydrogen-bond acceptors (Lipinski definition) is 7. The van der Waals surface area contributed by atoms with Crippen LogP contribution in [0.5, 0.6) is 0 Å². The number of ether oxygens (including phenoxy) is 2. The number of aromatic amines is 1. The van der Waals surface area contributed by atoms with E-state index in [-0.39, 0.29) is 6.61 Å². The molecule has 4 unspecified atom stereocenters. The van der Waals surface area contributed by atoms with Gasteiger partial charge in [0, 0.05) is 18.9 Å². The van der Waals surface area contributed by atoms with E-state index in [0.29, 0.717) is 12.0 Å². The fourth-order valence-electron chi connectivity index (χ4n) is 3.07. The van der Waals surface area contributed by atoms with E-state index in [1.807, 2.05) is 6.92 Å². The van der Waals surface area contributed by atoms with Crippen LogP contribution in [-0.2, 0) is 23.1 Å². The summed E-state index contributed by atoms with van der Waals surface area (Å²) in [4.78, 5) is 35.5. The van der Waals surface area contributed by atoms with Gasteiger partial charge in [0.25, 0.3) is 5.56 Å². The molecule has 2 N–H and O–H groups in total. The van der Waals surface area contributed by atoms with Crippen molar-refractivity contribution >= 4 is 7.82 Å². The Bertz CT molecular complexity index is 804. The first kappa shape index (κ1) is 17.5. The van der Waals surface area contributed by atoms with Gasteiger partial charge in [-0.05, 0) is 13.3 Å². The van der Waals surface area contributed by atoms with Crippen molar-refractivity contribution in [3.63, 3.8) is 0 Å². The van der Waals surface area contributed by atoms with Crippen molar-refractivity contribution in [1.29, 1.82) is 0 Å². The first-order chi connectivity index (χ1) is 11.2. The van der Waals surface area contributed by atoms with Gasteiger partial charge in [0.1, 0.15) is 17.8 Å². The standard InChI is InChI=1S/C13H19N2O8P/c1-4-13-6-21-8(9(13)23-24(18,19)20-3)11(22-13)15-5-7(2)10(16)14-12(15)17/h5,8-9,11H,4,6H2,1-3H3,(H,18,19)(H,14,16,17)/t8?,9?,11-,13?/m1/s1. The second kappa shape index (κ2) is 5.91. The minimum absolute atomic E-state index is 0.163. The summed E-state index contributed by atoms with van der Waals surface area (Å²) in [6.07, 6.45) is -0.758. The van der Waals surface area contributed by atoms with Crippen LogP contribution in [0.4, 0.5) is 0 Å². The Morgan fingerprint density at radius 1 is 1.54 bits per heavy atom. The van der Waals surface area contributed by atoms with Crippen LogP contribution in [-0.4, -0.2) is 46.0 Å². The van der Waals surface area contributed by atoms with Crippen LogP contribution >= 0.6 is 7.82 Å². The Kier molecular flexibility index (Phi) is 4.31. The second-order valence-electron chi connectivity index (χ2n) is 5.86. The molecule has 1 aromatic heterocycles. The predicted octanol–water partition coefficient (Wildman–Crippen LogP) is 0.0534. The van der Waals surface area contributed by atoms with Crippen LogP contribution in [0.15, 0.2) is 15.8 Å².